The maximum absolute atomic E-state index is 8.93. The van der Waals surface area contributed by atoms with Crippen LogP contribution in [-0.4, -0.2) is 4.98 Å². The second-order valence-electron chi connectivity index (χ2n) is 3.22. The van der Waals surface area contributed by atoms with Crippen LogP contribution in [-0.2, 0) is 0 Å². The largest absolute Gasteiger partial charge is 0.382 e. The maximum Gasteiger partial charge on any atom is 0.147 e. The second-order valence-corrected chi connectivity index (χ2v) is 3.22. The van der Waals surface area contributed by atoms with E-state index in [4.69, 9.17) is 11.0 Å². The molecule has 1 aromatic carbocycles. The SMILES string of the molecule is N#Cc1ccccc1Nc1cccnc1N. The zero-order chi connectivity index (χ0) is 11.4. The van der Waals surface area contributed by atoms with Gasteiger partial charge in [0.25, 0.3) is 0 Å². The smallest absolute Gasteiger partial charge is 0.147 e. The van der Waals surface area contributed by atoms with Crippen molar-refractivity contribution in [1.82, 2.24) is 4.98 Å². The van der Waals surface area contributed by atoms with Crippen molar-refractivity contribution < 1.29 is 0 Å². The summed E-state index contributed by atoms with van der Waals surface area (Å²) in [4.78, 5) is 3.96. The topological polar surface area (TPSA) is 74.7 Å². The number of benzene rings is 1. The highest BCUT2D eigenvalue weighted by Crippen LogP contribution is 2.22. The first-order chi connectivity index (χ1) is 7.81. The van der Waals surface area contributed by atoms with E-state index in [2.05, 4.69) is 16.4 Å². The Hall–Kier alpha value is -2.54. The van der Waals surface area contributed by atoms with Gasteiger partial charge in [0.05, 0.1) is 16.9 Å². The van der Waals surface area contributed by atoms with Gasteiger partial charge in [0.15, 0.2) is 0 Å². The first-order valence-corrected chi connectivity index (χ1v) is 4.78. The Balaban J connectivity index is 2.35. The van der Waals surface area contributed by atoms with Crippen molar-refractivity contribution in [2.75, 3.05) is 11.1 Å². The molecule has 4 heteroatoms. The van der Waals surface area contributed by atoms with E-state index in [0.29, 0.717) is 17.1 Å². The molecular formula is C12H10N4. The standard InChI is InChI=1S/C12H10N4/c13-8-9-4-1-2-5-10(9)16-11-6-3-7-15-12(11)14/h1-7,16H,(H2,14,15). The van der Waals surface area contributed by atoms with Crippen molar-refractivity contribution in [2.45, 2.75) is 0 Å². The third-order valence-electron chi connectivity index (χ3n) is 2.16. The molecule has 1 heterocycles. The first kappa shape index (κ1) is 9.99. The summed E-state index contributed by atoms with van der Waals surface area (Å²) in [5.74, 6) is 0.412. The molecule has 4 nitrogen and oxygen atoms in total. The van der Waals surface area contributed by atoms with Crippen LogP contribution in [0, 0.1) is 11.3 Å². The van der Waals surface area contributed by atoms with E-state index >= 15 is 0 Å². The summed E-state index contributed by atoms with van der Waals surface area (Å²) in [6.45, 7) is 0. The van der Waals surface area contributed by atoms with E-state index in [9.17, 15) is 0 Å². The summed E-state index contributed by atoms with van der Waals surface area (Å²) in [6.07, 6.45) is 1.62. The van der Waals surface area contributed by atoms with E-state index in [-0.39, 0.29) is 0 Å². The Morgan fingerprint density at radius 3 is 2.62 bits per heavy atom. The number of nitriles is 1. The Morgan fingerprint density at radius 1 is 1.12 bits per heavy atom. The van der Waals surface area contributed by atoms with E-state index in [1.165, 1.54) is 0 Å². The van der Waals surface area contributed by atoms with Gasteiger partial charge in [0.1, 0.15) is 11.9 Å². The Kier molecular flexibility index (Phi) is 2.70. The van der Waals surface area contributed by atoms with Crippen LogP contribution < -0.4 is 11.1 Å². The number of para-hydroxylation sites is 1. The second kappa shape index (κ2) is 4.32. The number of nitrogen functional groups attached to an aromatic ring is 1. The van der Waals surface area contributed by atoms with Crippen LogP contribution >= 0.6 is 0 Å². The molecule has 0 amide bonds. The van der Waals surface area contributed by atoms with Crippen molar-refractivity contribution in [3.05, 3.63) is 48.2 Å². The molecule has 0 unspecified atom stereocenters. The molecule has 0 bridgehead atoms. The number of hydrogen-bond acceptors (Lipinski definition) is 4. The molecule has 0 radical (unpaired) electrons. The minimum absolute atomic E-state index is 0.412. The average Bonchev–Trinajstić information content (AvgIpc) is 2.33. The van der Waals surface area contributed by atoms with Gasteiger partial charge in [-0.3, -0.25) is 0 Å². The number of nitrogens with one attached hydrogen (secondary N) is 1. The molecule has 0 aliphatic rings. The molecule has 0 aliphatic heterocycles. The fourth-order valence-corrected chi connectivity index (χ4v) is 1.36. The number of rotatable bonds is 2. The predicted octanol–water partition coefficient (Wildman–Crippen LogP) is 2.28. The van der Waals surface area contributed by atoms with Crippen LogP contribution in [0.4, 0.5) is 17.2 Å². The third kappa shape index (κ3) is 1.93. The molecule has 78 valence electrons. The summed E-state index contributed by atoms with van der Waals surface area (Å²) < 4.78 is 0. The van der Waals surface area contributed by atoms with Crippen molar-refractivity contribution in [1.29, 1.82) is 5.26 Å². The number of nitrogens with zero attached hydrogens (tertiary/aromatic N) is 2. The molecular weight excluding hydrogens is 200 g/mol. The lowest BCUT2D eigenvalue weighted by Gasteiger charge is -2.09. The van der Waals surface area contributed by atoms with Crippen molar-refractivity contribution in [2.24, 2.45) is 0 Å². The normalized spacial score (nSPS) is 9.44. The quantitative estimate of drug-likeness (QED) is 0.797. The highest BCUT2D eigenvalue weighted by molar-refractivity contribution is 5.72. The maximum atomic E-state index is 8.93. The van der Waals surface area contributed by atoms with Gasteiger partial charge in [-0.25, -0.2) is 4.98 Å². The zero-order valence-corrected chi connectivity index (χ0v) is 8.51. The fraction of sp³-hybridized carbons (Fsp3) is 0. The van der Waals surface area contributed by atoms with Gasteiger partial charge < -0.3 is 11.1 Å². The molecule has 0 atom stereocenters. The van der Waals surface area contributed by atoms with Crippen molar-refractivity contribution in [3.8, 4) is 6.07 Å². The number of pyridine rings is 1. The summed E-state index contributed by atoms with van der Waals surface area (Å²) in [5, 5.41) is 12.0. The third-order valence-corrected chi connectivity index (χ3v) is 2.16. The number of aromatic nitrogens is 1. The summed E-state index contributed by atoms with van der Waals surface area (Å²) in [6, 6.07) is 13.0. The van der Waals surface area contributed by atoms with Crippen LogP contribution in [0.15, 0.2) is 42.6 Å². The lowest BCUT2D eigenvalue weighted by Crippen LogP contribution is -1.99. The summed E-state index contributed by atoms with van der Waals surface area (Å²) in [7, 11) is 0. The van der Waals surface area contributed by atoms with Gasteiger partial charge in [-0.15, -0.1) is 0 Å². The van der Waals surface area contributed by atoms with E-state index in [0.717, 1.165) is 5.69 Å². The molecule has 0 saturated heterocycles. The molecule has 16 heavy (non-hydrogen) atoms. The van der Waals surface area contributed by atoms with Crippen LogP contribution in [0.3, 0.4) is 0 Å². The van der Waals surface area contributed by atoms with Crippen LogP contribution in [0.1, 0.15) is 5.56 Å². The molecule has 0 spiro atoms. The number of anilines is 3. The monoisotopic (exact) mass is 210 g/mol. The first-order valence-electron chi connectivity index (χ1n) is 4.78. The van der Waals surface area contributed by atoms with Gasteiger partial charge >= 0.3 is 0 Å². The van der Waals surface area contributed by atoms with Crippen LogP contribution in [0.25, 0.3) is 0 Å². The Labute approximate surface area is 93.4 Å². The molecule has 0 aliphatic carbocycles. The van der Waals surface area contributed by atoms with E-state index in [1.807, 2.05) is 24.3 Å². The number of nitrogens with two attached hydrogens (primary N) is 1. The van der Waals surface area contributed by atoms with E-state index in [1.54, 1.807) is 18.3 Å². The molecule has 3 N–H and O–H groups in total. The summed E-state index contributed by atoms with van der Waals surface area (Å²) >= 11 is 0. The lowest BCUT2D eigenvalue weighted by molar-refractivity contribution is 1.33. The highest BCUT2D eigenvalue weighted by atomic mass is 15.0. The molecule has 1 aromatic heterocycles. The molecule has 2 rings (SSSR count). The van der Waals surface area contributed by atoms with Gasteiger partial charge in [-0.1, -0.05) is 12.1 Å². The lowest BCUT2D eigenvalue weighted by atomic mass is 10.2. The fourth-order valence-electron chi connectivity index (χ4n) is 1.36. The van der Waals surface area contributed by atoms with Crippen molar-refractivity contribution in [3.63, 3.8) is 0 Å². The molecule has 2 aromatic rings. The Bertz CT molecular complexity index is 543. The van der Waals surface area contributed by atoms with Gasteiger partial charge in [0, 0.05) is 6.20 Å². The zero-order valence-electron chi connectivity index (χ0n) is 8.51. The predicted molar refractivity (Wildman–Crippen MR) is 63.1 cm³/mol. The van der Waals surface area contributed by atoms with Gasteiger partial charge in [0.2, 0.25) is 0 Å². The highest BCUT2D eigenvalue weighted by Gasteiger charge is 2.03. The average molecular weight is 210 g/mol. The van der Waals surface area contributed by atoms with Crippen molar-refractivity contribution >= 4 is 17.2 Å². The minimum atomic E-state index is 0.412. The van der Waals surface area contributed by atoms with Gasteiger partial charge in [-0.2, -0.15) is 5.26 Å². The summed E-state index contributed by atoms with van der Waals surface area (Å²) in [5.41, 5.74) is 7.70. The minimum Gasteiger partial charge on any atom is -0.382 e. The Morgan fingerprint density at radius 2 is 1.88 bits per heavy atom. The number of hydrogen-bond donors (Lipinski definition) is 2. The van der Waals surface area contributed by atoms with Crippen LogP contribution in [0.5, 0.6) is 0 Å². The van der Waals surface area contributed by atoms with E-state index < -0.39 is 0 Å². The molecule has 0 saturated carbocycles. The molecule has 0 fully saturated rings. The van der Waals surface area contributed by atoms with Crippen LogP contribution in [0.2, 0.25) is 0 Å². The van der Waals surface area contributed by atoms with Gasteiger partial charge in [-0.05, 0) is 24.3 Å².